The fourth-order valence-corrected chi connectivity index (χ4v) is 1.72. The number of hydrogen-bond donors (Lipinski definition) is 1. The predicted molar refractivity (Wildman–Crippen MR) is 63.7 cm³/mol. The molecule has 1 aromatic carbocycles. The Balaban J connectivity index is 1.79. The molecular formula is C13H12FN3. The monoisotopic (exact) mass is 229 g/mol. The van der Waals surface area contributed by atoms with E-state index in [1.54, 1.807) is 18.5 Å². The van der Waals surface area contributed by atoms with Crippen LogP contribution in [0.1, 0.15) is 24.5 Å². The minimum atomic E-state index is -0.239. The summed E-state index contributed by atoms with van der Waals surface area (Å²) >= 11 is 0. The lowest BCUT2D eigenvalue weighted by molar-refractivity contribution is 0.628. The van der Waals surface area contributed by atoms with Crippen molar-refractivity contribution in [3.05, 3.63) is 48.2 Å². The second kappa shape index (κ2) is 4.13. The third kappa shape index (κ3) is 2.41. The lowest BCUT2D eigenvalue weighted by atomic mass is 10.2. The van der Waals surface area contributed by atoms with E-state index in [4.69, 9.17) is 0 Å². The molecule has 2 aromatic rings. The Kier molecular flexibility index (Phi) is 2.48. The molecule has 1 heterocycles. The van der Waals surface area contributed by atoms with Crippen molar-refractivity contribution in [1.82, 2.24) is 9.97 Å². The molecule has 17 heavy (non-hydrogen) atoms. The predicted octanol–water partition coefficient (Wildman–Crippen LogP) is 3.24. The molecule has 3 rings (SSSR count). The summed E-state index contributed by atoms with van der Waals surface area (Å²) in [5.41, 5.74) is 1.91. The van der Waals surface area contributed by atoms with Gasteiger partial charge in [0.2, 0.25) is 0 Å². The number of benzene rings is 1. The fraction of sp³-hybridized carbons (Fsp3) is 0.231. The van der Waals surface area contributed by atoms with Gasteiger partial charge in [-0.1, -0.05) is 0 Å². The zero-order valence-corrected chi connectivity index (χ0v) is 9.23. The SMILES string of the molecule is Fc1ccc(Nc2cc(C3CC3)ncn2)cc1. The summed E-state index contributed by atoms with van der Waals surface area (Å²) < 4.78 is 12.8. The highest BCUT2D eigenvalue weighted by atomic mass is 19.1. The van der Waals surface area contributed by atoms with Gasteiger partial charge in [-0.3, -0.25) is 0 Å². The molecule has 0 radical (unpaired) electrons. The van der Waals surface area contributed by atoms with E-state index in [-0.39, 0.29) is 5.82 Å². The number of hydrogen-bond acceptors (Lipinski definition) is 3. The largest absolute Gasteiger partial charge is 0.340 e. The Morgan fingerprint density at radius 3 is 2.59 bits per heavy atom. The van der Waals surface area contributed by atoms with E-state index in [1.165, 1.54) is 25.0 Å². The van der Waals surface area contributed by atoms with Gasteiger partial charge in [0.05, 0.1) is 0 Å². The first-order valence-electron chi connectivity index (χ1n) is 5.66. The molecule has 0 saturated heterocycles. The number of aromatic nitrogens is 2. The second-order valence-corrected chi connectivity index (χ2v) is 4.23. The van der Waals surface area contributed by atoms with Crippen molar-refractivity contribution in [1.29, 1.82) is 0 Å². The molecule has 1 aromatic heterocycles. The highest BCUT2D eigenvalue weighted by Crippen LogP contribution is 2.39. The van der Waals surface area contributed by atoms with Crippen LogP contribution in [-0.2, 0) is 0 Å². The van der Waals surface area contributed by atoms with Gasteiger partial charge in [0.1, 0.15) is 18.0 Å². The Morgan fingerprint density at radius 1 is 1.12 bits per heavy atom. The van der Waals surface area contributed by atoms with Crippen molar-refractivity contribution in [2.75, 3.05) is 5.32 Å². The zero-order valence-electron chi connectivity index (χ0n) is 9.23. The smallest absolute Gasteiger partial charge is 0.133 e. The van der Waals surface area contributed by atoms with Crippen molar-refractivity contribution in [2.24, 2.45) is 0 Å². The van der Waals surface area contributed by atoms with Gasteiger partial charge in [-0.2, -0.15) is 0 Å². The summed E-state index contributed by atoms with van der Waals surface area (Å²) in [6.45, 7) is 0. The number of nitrogens with one attached hydrogen (secondary N) is 1. The molecule has 0 amide bonds. The van der Waals surface area contributed by atoms with Gasteiger partial charge in [-0.25, -0.2) is 14.4 Å². The Bertz CT molecular complexity index is 520. The van der Waals surface area contributed by atoms with Gasteiger partial charge in [0.25, 0.3) is 0 Å². The van der Waals surface area contributed by atoms with E-state index >= 15 is 0 Å². The first-order valence-corrected chi connectivity index (χ1v) is 5.66. The van der Waals surface area contributed by atoms with Crippen LogP contribution in [-0.4, -0.2) is 9.97 Å². The van der Waals surface area contributed by atoms with Crippen LogP contribution >= 0.6 is 0 Å². The van der Waals surface area contributed by atoms with Crippen LogP contribution in [0.25, 0.3) is 0 Å². The molecule has 3 nitrogen and oxygen atoms in total. The number of nitrogens with zero attached hydrogens (tertiary/aromatic N) is 2. The molecule has 0 aliphatic heterocycles. The van der Waals surface area contributed by atoms with Gasteiger partial charge in [-0.05, 0) is 37.1 Å². The van der Waals surface area contributed by atoms with Crippen LogP contribution in [0, 0.1) is 5.82 Å². The highest BCUT2D eigenvalue weighted by molar-refractivity contribution is 5.56. The maximum atomic E-state index is 12.8. The van der Waals surface area contributed by atoms with E-state index in [2.05, 4.69) is 15.3 Å². The van der Waals surface area contributed by atoms with Gasteiger partial charge >= 0.3 is 0 Å². The maximum absolute atomic E-state index is 12.8. The summed E-state index contributed by atoms with van der Waals surface area (Å²) in [7, 11) is 0. The molecule has 1 N–H and O–H groups in total. The molecule has 0 bridgehead atoms. The van der Waals surface area contributed by atoms with Crippen molar-refractivity contribution in [2.45, 2.75) is 18.8 Å². The van der Waals surface area contributed by atoms with Gasteiger partial charge in [0, 0.05) is 23.4 Å². The summed E-state index contributed by atoms with van der Waals surface area (Å²) in [6, 6.07) is 8.18. The van der Waals surface area contributed by atoms with Crippen molar-refractivity contribution in [3.63, 3.8) is 0 Å². The molecule has 1 fully saturated rings. The van der Waals surface area contributed by atoms with E-state index in [0.29, 0.717) is 5.92 Å². The fourth-order valence-electron chi connectivity index (χ4n) is 1.72. The van der Waals surface area contributed by atoms with Gasteiger partial charge in [0.15, 0.2) is 0 Å². The molecule has 1 saturated carbocycles. The third-order valence-electron chi connectivity index (χ3n) is 2.80. The Morgan fingerprint density at radius 2 is 1.88 bits per heavy atom. The van der Waals surface area contributed by atoms with Crippen LogP contribution in [0.15, 0.2) is 36.7 Å². The third-order valence-corrected chi connectivity index (χ3v) is 2.80. The van der Waals surface area contributed by atoms with Gasteiger partial charge < -0.3 is 5.32 Å². The van der Waals surface area contributed by atoms with Crippen molar-refractivity contribution >= 4 is 11.5 Å². The van der Waals surface area contributed by atoms with Crippen molar-refractivity contribution < 1.29 is 4.39 Å². The number of anilines is 2. The molecule has 0 atom stereocenters. The van der Waals surface area contributed by atoms with Crippen LogP contribution in [0.2, 0.25) is 0 Å². The first-order chi connectivity index (χ1) is 8.31. The average Bonchev–Trinajstić information content (AvgIpc) is 3.17. The first kappa shape index (κ1) is 10.2. The lowest BCUT2D eigenvalue weighted by Gasteiger charge is -2.06. The van der Waals surface area contributed by atoms with Crippen LogP contribution in [0.4, 0.5) is 15.9 Å². The Labute approximate surface area is 98.7 Å². The van der Waals surface area contributed by atoms with Gasteiger partial charge in [-0.15, -0.1) is 0 Å². The number of halogens is 1. The molecule has 1 aliphatic carbocycles. The van der Waals surface area contributed by atoms with Crippen LogP contribution in [0.3, 0.4) is 0 Å². The average molecular weight is 229 g/mol. The topological polar surface area (TPSA) is 37.8 Å². The molecule has 0 spiro atoms. The second-order valence-electron chi connectivity index (χ2n) is 4.23. The van der Waals surface area contributed by atoms with Crippen molar-refractivity contribution in [3.8, 4) is 0 Å². The minimum absolute atomic E-state index is 0.239. The highest BCUT2D eigenvalue weighted by Gasteiger charge is 2.25. The van der Waals surface area contributed by atoms with Crippen LogP contribution in [0.5, 0.6) is 0 Å². The molecular weight excluding hydrogens is 217 g/mol. The zero-order chi connectivity index (χ0) is 11.7. The molecule has 0 unspecified atom stereocenters. The van der Waals surface area contributed by atoms with E-state index in [1.807, 2.05) is 6.07 Å². The van der Waals surface area contributed by atoms with E-state index in [9.17, 15) is 4.39 Å². The van der Waals surface area contributed by atoms with E-state index < -0.39 is 0 Å². The quantitative estimate of drug-likeness (QED) is 0.878. The normalized spacial score (nSPS) is 14.6. The Hall–Kier alpha value is -1.97. The maximum Gasteiger partial charge on any atom is 0.133 e. The summed E-state index contributed by atoms with van der Waals surface area (Å²) in [5.74, 6) is 1.12. The van der Waals surface area contributed by atoms with E-state index in [0.717, 1.165) is 17.2 Å². The standard InChI is InChI=1S/C13H12FN3/c14-10-3-5-11(6-4-10)17-13-7-12(9-1-2-9)15-8-16-13/h3-9H,1-2H2,(H,15,16,17). The molecule has 4 heteroatoms. The molecule has 86 valence electrons. The number of rotatable bonds is 3. The summed E-state index contributed by atoms with van der Waals surface area (Å²) in [6.07, 6.45) is 4.00. The lowest BCUT2D eigenvalue weighted by Crippen LogP contribution is -1.96. The minimum Gasteiger partial charge on any atom is -0.340 e. The summed E-state index contributed by atoms with van der Waals surface area (Å²) in [4.78, 5) is 8.40. The molecule has 1 aliphatic rings. The van der Waals surface area contributed by atoms with Crippen LogP contribution < -0.4 is 5.32 Å². The summed E-state index contributed by atoms with van der Waals surface area (Å²) in [5, 5.41) is 3.14.